The maximum absolute atomic E-state index is 10.3. The second-order valence-electron chi connectivity index (χ2n) is 1.73. The first-order valence-electron chi connectivity index (χ1n) is 2.72. The van der Waals surface area contributed by atoms with E-state index >= 15 is 0 Å². The molecule has 0 aromatic heterocycles. The summed E-state index contributed by atoms with van der Waals surface area (Å²) in [7, 11) is 0. The zero-order valence-corrected chi connectivity index (χ0v) is 4.55. The molecule has 0 atom stereocenters. The minimum absolute atomic E-state index is 0.248. The molecule has 0 spiro atoms. The van der Waals surface area contributed by atoms with E-state index in [0.717, 1.165) is 12.8 Å². The summed E-state index contributed by atoms with van der Waals surface area (Å²) in [6.45, 7) is 0.547. The van der Waals surface area contributed by atoms with Crippen LogP contribution in [0.15, 0.2) is 0 Å². The zero-order valence-electron chi connectivity index (χ0n) is 4.55. The quantitative estimate of drug-likeness (QED) is 0.436. The molecule has 0 amide bonds. The van der Waals surface area contributed by atoms with E-state index in [1.165, 1.54) is 0 Å². The lowest BCUT2D eigenvalue weighted by Gasteiger charge is -1.92. The zero-order chi connectivity index (χ0) is 5.82. The van der Waals surface area contributed by atoms with Gasteiger partial charge in [-0.05, 0) is 12.8 Å². The van der Waals surface area contributed by atoms with Gasteiger partial charge in [0.15, 0.2) is 0 Å². The maximum atomic E-state index is 10.3. The molecule has 0 unspecified atom stereocenters. The number of hydrogen-bond acceptors (Lipinski definition) is 3. The summed E-state index contributed by atoms with van der Waals surface area (Å²) in [6.07, 6.45) is 2.31. The molecule has 1 fully saturated rings. The van der Waals surface area contributed by atoms with Crippen LogP contribution in [-0.2, 0) is 14.6 Å². The first-order valence-corrected chi connectivity index (χ1v) is 2.72. The van der Waals surface area contributed by atoms with Gasteiger partial charge in [0.05, 0.1) is 6.61 Å². The van der Waals surface area contributed by atoms with Gasteiger partial charge in [0, 0.05) is 6.42 Å². The Bertz CT molecular complexity index is 79.7. The predicted molar refractivity (Wildman–Crippen MR) is 25.9 cm³/mol. The fourth-order valence-corrected chi connectivity index (χ4v) is 0.579. The molecule has 8 heavy (non-hydrogen) atoms. The van der Waals surface area contributed by atoms with Crippen molar-refractivity contribution >= 4 is 5.97 Å². The topological polar surface area (TPSA) is 35.5 Å². The summed E-state index contributed by atoms with van der Waals surface area (Å²) in [4.78, 5) is 19.1. The largest absolute Gasteiger partial charge is 0.342 e. The Morgan fingerprint density at radius 3 is 3.12 bits per heavy atom. The van der Waals surface area contributed by atoms with Crippen molar-refractivity contribution < 1.29 is 14.6 Å². The number of carbonyl (C=O) groups excluding carboxylic acids is 1. The molecule has 0 aliphatic carbocycles. The predicted octanol–water partition coefficient (Wildman–Crippen LogP) is 0.645. The van der Waals surface area contributed by atoms with Crippen LogP contribution in [0.2, 0.25) is 0 Å². The van der Waals surface area contributed by atoms with Crippen molar-refractivity contribution in [2.75, 3.05) is 6.61 Å². The molecule has 0 aromatic rings. The van der Waals surface area contributed by atoms with Gasteiger partial charge in [0.25, 0.3) is 0 Å². The third kappa shape index (κ3) is 1.50. The third-order valence-corrected chi connectivity index (χ3v) is 1.01. The van der Waals surface area contributed by atoms with Gasteiger partial charge in [0.2, 0.25) is 0 Å². The Morgan fingerprint density at radius 1 is 1.38 bits per heavy atom. The van der Waals surface area contributed by atoms with Gasteiger partial charge in [-0.1, -0.05) is 0 Å². The van der Waals surface area contributed by atoms with Crippen molar-refractivity contribution in [3.63, 3.8) is 0 Å². The Balaban J connectivity index is 2.27. The molecule has 1 aliphatic heterocycles. The lowest BCUT2D eigenvalue weighted by molar-refractivity contribution is -0.267. The maximum Gasteiger partial charge on any atom is 0.342 e. The highest BCUT2D eigenvalue weighted by molar-refractivity contribution is 5.68. The minimum Gasteiger partial charge on any atom is -0.298 e. The van der Waals surface area contributed by atoms with Crippen LogP contribution >= 0.6 is 0 Å². The van der Waals surface area contributed by atoms with E-state index in [1.54, 1.807) is 0 Å². The summed E-state index contributed by atoms with van der Waals surface area (Å²) >= 11 is 0. The van der Waals surface area contributed by atoms with Crippen LogP contribution in [0.1, 0.15) is 19.3 Å². The Hall–Kier alpha value is -0.570. The van der Waals surface area contributed by atoms with E-state index in [2.05, 4.69) is 9.78 Å². The van der Waals surface area contributed by atoms with Crippen LogP contribution in [0.5, 0.6) is 0 Å². The van der Waals surface area contributed by atoms with Crippen LogP contribution in [0.3, 0.4) is 0 Å². The third-order valence-electron chi connectivity index (χ3n) is 1.01. The first-order chi connectivity index (χ1) is 3.89. The van der Waals surface area contributed by atoms with Crippen LogP contribution in [0, 0.1) is 0 Å². The van der Waals surface area contributed by atoms with E-state index in [1.807, 2.05) is 0 Å². The van der Waals surface area contributed by atoms with Crippen LogP contribution in [-0.4, -0.2) is 12.6 Å². The van der Waals surface area contributed by atoms with Crippen molar-refractivity contribution in [3.8, 4) is 0 Å². The Kier molecular flexibility index (Phi) is 1.86. The molecule has 0 N–H and O–H groups in total. The molecular weight excluding hydrogens is 108 g/mol. The van der Waals surface area contributed by atoms with Gasteiger partial charge in [0.1, 0.15) is 0 Å². The smallest absolute Gasteiger partial charge is 0.298 e. The van der Waals surface area contributed by atoms with Gasteiger partial charge >= 0.3 is 5.97 Å². The van der Waals surface area contributed by atoms with E-state index < -0.39 is 0 Å². The van der Waals surface area contributed by atoms with Gasteiger partial charge in [-0.15, -0.1) is 0 Å². The number of carbonyl (C=O) groups is 1. The van der Waals surface area contributed by atoms with Gasteiger partial charge in [-0.25, -0.2) is 4.79 Å². The van der Waals surface area contributed by atoms with Gasteiger partial charge < -0.3 is 0 Å². The van der Waals surface area contributed by atoms with Crippen molar-refractivity contribution in [3.05, 3.63) is 0 Å². The second kappa shape index (κ2) is 2.67. The van der Waals surface area contributed by atoms with Gasteiger partial charge in [-0.2, -0.15) is 4.89 Å². The summed E-state index contributed by atoms with van der Waals surface area (Å²) in [6, 6.07) is 0. The standard InChI is InChI=1S/C5H8O3/c6-5-3-1-2-4-7-8-5/h1-4H2. The van der Waals surface area contributed by atoms with Crippen molar-refractivity contribution in [2.45, 2.75) is 19.3 Å². The highest BCUT2D eigenvalue weighted by Crippen LogP contribution is 2.03. The van der Waals surface area contributed by atoms with E-state index in [4.69, 9.17) is 0 Å². The second-order valence-corrected chi connectivity index (χ2v) is 1.73. The molecule has 1 aliphatic rings. The highest BCUT2D eigenvalue weighted by atomic mass is 17.2. The molecule has 1 saturated heterocycles. The molecule has 46 valence electrons. The molecule has 1 rings (SSSR count). The average Bonchev–Trinajstić information content (AvgIpc) is 1.94. The molecule has 0 radical (unpaired) electrons. The van der Waals surface area contributed by atoms with Crippen LogP contribution < -0.4 is 0 Å². The van der Waals surface area contributed by atoms with E-state index in [0.29, 0.717) is 13.0 Å². The number of rotatable bonds is 0. The average molecular weight is 116 g/mol. The van der Waals surface area contributed by atoms with Crippen molar-refractivity contribution in [2.24, 2.45) is 0 Å². The first kappa shape index (κ1) is 5.56. The molecular formula is C5H8O3. The summed E-state index contributed by atoms with van der Waals surface area (Å²) in [5, 5.41) is 0. The summed E-state index contributed by atoms with van der Waals surface area (Å²) in [5.74, 6) is -0.248. The molecule has 0 aromatic carbocycles. The highest BCUT2D eigenvalue weighted by Gasteiger charge is 2.07. The van der Waals surface area contributed by atoms with Gasteiger partial charge in [-0.3, -0.25) is 4.89 Å². The fraction of sp³-hybridized carbons (Fsp3) is 0.800. The molecule has 0 saturated carbocycles. The SMILES string of the molecule is O=C1CCCCOO1. The summed E-state index contributed by atoms with van der Waals surface area (Å²) < 4.78 is 0. The Labute approximate surface area is 47.5 Å². The van der Waals surface area contributed by atoms with Crippen molar-refractivity contribution in [1.82, 2.24) is 0 Å². The van der Waals surface area contributed by atoms with E-state index in [-0.39, 0.29) is 5.97 Å². The van der Waals surface area contributed by atoms with E-state index in [9.17, 15) is 4.79 Å². The molecule has 3 heteroatoms. The monoisotopic (exact) mass is 116 g/mol. The van der Waals surface area contributed by atoms with Crippen LogP contribution in [0.25, 0.3) is 0 Å². The molecule has 0 bridgehead atoms. The lowest BCUT2D eigenvalue weighted by atomic mass is 10.2. The lowest BCUT2D eigenvalue weighted by Crippen LogP contribution is -1.99. The molecule has 3 nitrogen and oxygen atoms in total. The van der Waals surface area contributed by atoms with Crippen molar-refractivity contribution in [1.29, 1.82) is 0 Å². The fourth-order valence-electron chi connectivity index (χ4n) is 0.579. The minimum atomic E-state index is -0.248. The number of hydrogen-bond donors (Lipinski definition) is 0. The summed E-state index contributed by atoms with van der Waals surface area (Å²) in [5.41, 5.74) is 0. The Morgan fingerprint density at radius 2 is 2.25 bits per heavy atom. The van der Waals surface area contributed by atoms with Crippen LogP contribution in [0.4, 0.5) is 0 Å². The molecule has 1 heterocycles. The normalized spacial score (nSPS) is 21.8.